The minimum Gasteiger partial charge on any atom is -0.342 e. The molecular formula is C31H40N4O3. The predicted octanol–water partition coefficient (Wildman–Crippen LogP) is 3.12. The summed E-state index contributed by atoms with van der Waals surface area (Å²) in [7, 11) is 2.07. The molecule has 0 aromatic heterocycles. The first-order valence-corrected chi connectivity index (χ1v) is 14.1. The van der Waals surface area contributed by atoms with E-state index in [4.69, 9.17) is 0 Å². The average molecular weight is 517 g/mol. The third-order valence-electron chi connectivity index (χ3n) is 8.88. The highest BCUT2D eigenvalue weighted by Crippen LogP contribution is 2.33. The number of hydrogen-bond donors (Lipinski definition) is 1. The Balaban J connectivity index is 1.44. The minimum absolute atomic E-state index is 0.00415. The fourth-order valence-corrected chi connectivity index (χ4v) is 6.52. The lowest BCUT2D eigenvalue weighted by Gasteiger charge is -2.44. The Hall–Kier alpha value is -3.19. The van der Waals surface area contributed by atoms with Crippen molar-refractivity contribution < 1.29 is 14.4 Å². The maximum absolute atomic E-state index is 14.2. The predicted molar refractivity (Wildman–Crippen MR) is 148 cm³/mol. The van der Waals surface area contributed by atoms with Gasteiger partial charge in [0.1, 0.15) is 12.1 Å². The summed E-state index contributed by atoms with van der Waals surface area (Å²) >= 11 is 0. The molecule has 2 atom stereocenters. The first-order chi connectivity index (χ1) is 18.4. The number of benzene rings is 2. The molecule has 0 radical (unpaired) electrons. The summed E-state index contributed by atoms with van der Waals surface area (Å²) in [6.45, 7) is 7.50. The van der Waals surface area contributed by atoms with Crippen LogP contribution in [0.5, 0.6) is 0 Å². The topological polar surface area (TPSA) is 73.0 Å². The number of rotatable bonds is 7. The van der Waals surface area contributed by atoms with Gasteiger partial charge in [0.2, 0.25) is 11.8 Å². The fraction of sp³-hybridized carbons (Fsp3) is 0.516. The van der Waals surface area contributed by atoms with Crippen molar-refractivity contribution >= 4 is 17.7 Å². The molecule has 2 aromatic carbocycles. The summed E-state index contributed by atoms with van der Waals surface area (Å²) in [6.07, 6.45) is 3.18. The van der Waals surface area contributed by atoms with Gasteiger partial charge < -0.3 is 20.0 Å². The largest absolute Gasteiger partial charge is 0.342 e. The molecule has 2 fully saturated rings. The molecule has 5 rings (SSSR count). The van der Waals surface area contributed by atoms with Crippen LogP contribution in [0, 0.1) is 11.8 Å². The van der Waals surface area contributed by atoms with Crippen LogP contribution < -0.4 is 5.32 Å². The van der Waals surface area contributed by atoms with Gasteiger partial charge in [0.25, 0.3) is 5.91 Å². The Morgan fingerprint density at radius 3 is 2.16 bits per heavy atom. The Morgan fingerprint density at radius 2 is 1.53 bits per heavy atom. The summed E-state index contributed by atoms with van der Waals surface area (Å²) in [5.74, 6) is 0.00478. The molecule has 0 spiro atoms. The summed E-state index contributed by atoms with van der Waals surface area (Å²) in [5, 5.41) is 3.14. The molecule has 1 aliphatic carbocycles. The summed E-state index contributed by atoms with van der Waals surface area (Å²) in [5.41, 5.74) is 3.96. The van der Waals surface area contributed by atoms with E-state index in [9.17, 15) is 14.4 Å². The molecule has 3 aliphatic rings. The smallest absolute Gasteiger partial charge is 0.254 e. The van der Waals surface area contributed by atoms with Gasteiger partial charge in [0, 0.05) is 38.3 Å². The van der Waals surface area contributed by atoms with Gasteiger partial charge in [-0.25, -0.2) is 0 Å². The number of fused-ring (bicyclic) bond motifs is 1. The lowest BCUT2D eigenvalue weighted by atomic mass is 9.85. The highest BCUT2D eigenvalue weighted by molar-refractivity contribution is 5.98. The summed E-state index contributed by atoms with van der Waals surface area (Å²) in [4.78, 5) is 47.3. The zero-order valence-corrected chi connectivity index (χ0v) is 22.9. The van der Waals surface area contributed by atoms with Crippen LogP contribution in [-0.2, 0) is 29.0 Å². The molecule has 0 saturated carbocycles. The normalized spacial score (nSPS) is 22.6. The van der Waals surface area contributed by atoms with Crippen LogP contribution >= 0.6 is 0 Å². The van der Waals surface area contributed by atoms with Gasteiger partial charge in [0.05, 0.1) is 0 Å². The van der Waals surface area contributed by atoms with E-state index < -0.39 is 12.1 Å². The number of piperazine rings is 2. The molecular weight excluding hydrogens is 476 g/mol. The van der Waals surface area contributed by atoms with E-state index in [1.54, 1.807) is 4.90 Å². The SMILES string of the molecule is CCC(CC)[C@@H]1C(=O)N[C@H](C2Cc3ccccc3C2)C(=O)N1Cc1ccccc1C(=O)N1CCN(C)CC1. The second-order valence-corrected chi connectivity index (χ2v) is 11.2. The number of nitrogens with one attached hydrogen (secondary N) is 1. The molecule has 2 saturated heterocycles. The molecule has 202 valence electrons. The second-order valence-electron chi connectivity index (χ2n) is 11.2. The molecule has 7 heteroatoms. The zero-order valence-electron chi connectivity index (χ0n) is 22.9. The van der Waals surface area contributed by atoms with Gasteiger partial charge in [-0.1, -0.05) is 69.2 Å². The molecule has 2 heterocycles. The fourth-order valence-electron chi connectivity index (χ4n) is 6.52. The standard InChI is InChI=1S/C31H40N4O3/c1-4-21(5-2)28-29(36)32-27(25-18-22-10-6-7-11-23(22)19-25)31(38)35(28)20-24-12-8-9-13-26(24)30(37)34-16-14-33(3)15-17-34/h6-13,21,25,27-28H,4-5,14-20H2,1-3H3,(H,32,36)/t27-,28-/m1/s1. The molecule has 2 aliphatic heterocycles. The number of carbonyl (C=O) groups is 3. The third kappa shape index (κ3) is 5.08. The first kappa shape index (κ1) is 26.4. The van der Waals surface area contributed by atoms with Crippen molar-refractivity contribution in [2.75, 3.05) is 33.2 Å². The van der Waals surface area contributed by atoms with Gasteiger partial charge in [-0.2, -0.15) is 0 Å². The highest BCUT2D eigenvalue weighted by atomic mass is 16.2. The molecule has 0 unspecified atom stereocenters. The number of carbonyl (C=O) groups excluding carboxylic acids is 3. The van der Waals surface area contributed by atoms with E-state index in [0.717, 1.165) is 44.3 Å². The molecule has 7 nitrogen and oxygen atoms in total. The van der Waals surface area contributed by atoms with Crippen molar-refractivity contribution in [3.63, 3.8) is 0 Å². The van der Waals surface area contributed by atoms with Gasteiger partial charge in [-0.15, -0.1) is 0 Å². The number of nitrogens with zero attached hydrogens (tertiary/aromatic N) is 3. The van der Waals surface area contributed by atoms with Crippen LogP contribution in [0.3, 0.4) is 0 Å². The summed E-state index contributed by atoms with van der Waals surface area (Å²) < 4.78 is 0. The quantitative estimate of drug-likeness (QED) is 0.614. The van der Waals surface area contributed by atoms with Gasteiger partial charge in [-0.05, 0) is 54.5 Å². The van der Waals surface area contributed by atoms with Crippen LogP contribution in [0.15, 0.2) is 48.5 Å². The van der Waals surface area contributed by atoms with Gasteiger partial charge >= 0.3 is 0 Å². The first-order valence-electron chi connectivity index (χ1n) is 14.1. The van der Waals surface area contributed by atoms with E-state index in [0.29, 0.717) is 18.7 Å². The van der Waals surface area contributed by atoms with E-state index in [1.165, 1.54) is 11.1 Å². The highest BCUT2D eigenvalue weighted by Gasteiger charge is 2.47. The van der Waals surface area contributed by atoms with Crippen molar-refractivity contribution in [2.45, 2.75) is 58.2 Å². The Labute approximate surface area is 226 Å². The van der Waals surface area contributed by atoms with Crippen molar-refractivity contribution in [1.82, 2.24) is 20.0 Å². The number of likely N-dealkylation sites (N-methyl/N-ethyl adjacent to an activating group) is 1. The Bertz CT molecular complexity index is 1160. The van der Waals surface area contributed by atoms with Crippen molar-refractivity contribution in [1.29, 1.82) is 0 Å². The van der Waals surface area contributed by atoms with Crippen LogP contribution in [0.2, 0.25) is 0 Å². The van der Waals surface area contributed by atoms with Crippen molar-refractivity contribution in [2.24, 2.45) is 11.8 Å². The number of hydrogen-bond acceptors (Lipinski definition) is 4. The Kier molecular flexibility index (Phi) is 7.84. The van der Waals surface area contributed by atoms with E-state index in [2.05, 4.69) is 43.2 Å². The molecule has 3 amide bonds. The average Bonchev–Trinajstić information content (AvgIpc) is 3.37. The molecule has 2 aromatic rings. The molecule has 0 bridgehead atoms. The van der Waals surface area contributed by atoms with Crippen LogP contribution in [0.25, 0.3) is 0 Å². The van der Waals surface area contributed by atoms with E-state index in [-0.39, 0.29) is 36.1 Å². The summed E-state index contributed by atoms with van der Waals surface area (Å²) in [6, 6.07) is 14.8. The van der Waals surface area contributed by atoms with Crippen LogP contribution in [0.4, 0.5) is 0 Å². The minimum atomic E-state index is -0.555. The van der Waals surface area contributed by atoms with Crippen molar-refractivity contribution in [3.8, 4) is 0 Å². The third-order valence-corrected chi connectivity index (χ3v) is 8.88. The Morgan fingerprint density at radius 1 is 0.921 bits per heavy atom. The number of amides is 3. The molecule has 1 N–H and O–H groups in total. The van der Waals surface area contributed by atoms with E-state index in [1.807, 2.05) is 41.3 Å². The van der Waals surface area contributed by atoms with Crippen LogP contribution in [0.1, 0.15) is 53.7 Å². The zero-order chi connectivity index (χ0) is 26.8. The lowest BCUT2D eigenvalue weighted by molar-refractivity contribution is -0.154. The maximum atomic E-state index is 14.2. The van der Waals surface area contributed by atoms with Crippen LogP contribution in [-0.4, -0.2) is 77.7 Å². The second kappa shape index (κ2) is 11.3. The molecule has 38 heavy (non-hydrogen) atoms. The van der Waals surface area contributed by atoms with Crippen molar-refractivity contribution in [3.05, 3.63) is 70.8 Å². The van der Waals surface area contributed by atoms with Gasteiger partial charge in [-0.3, -0.25) is 14.4 Å². The monoisotopic (exact) mass is 516 g/mol. The van der Waals surface area contributed by atoms with E-state index >= 15 is 0 Å². The lowest BCUT2D eigenvalue weighted by Crippen LogP contribution is -2.66. The van der Waals surface area contributed by atoms with Gasteiger partial charge in [0.15, 0.2) is 0 Å². The maximum Gasteiger partial charge on any atom is 0.254 e.